The van der Waals surface area contributed by atoms with E-state index in [1.54, 1.807) is 19.2 Å². The zero-order valence-electron chi connectivity index (χ0n) is 20.8. The molecule has 2 aromatic carbocycles. The molecule has 1 aliphatic heterocycles. The molecule has 2 N–H and O–H groups in total. The molecule has 1 saturated heterocycles. The van der Waals surface area contributed by atoms with Gasteiger partial charge >= 0.3 is 0 Å². The lowest BCUT2D eigenvalue weighted by Gasteiger charge is -2.36. The topological polar surface area (TPSA) is 87.7 Å². The minimum Gasteiger partial charge on any atom is -0.385 e. The highest BCUT2D eigenvalue weighted by molar-refractivity contribution is 5.97. The second kappa shape index (κ2) is 13.6. The first-order valence-electron chi connectivity index (χ1n) is 12.4. The molecule has 1 atom stereocenters. The van der Waals surface area contributed by atoms with Crippen LogP contribution in [0.2, 0.25) is 0 Å². The van der Waals surface area contributed by atoms with Crippen molar-refractivity contribution in [1.29, 1.82) is 0 Å². The van der Waals surface area contributed by atoms with Crippen LogP contribution >= 0.6 is 0 Å². The molecule has 0 saturated carbocycles. The van der Waals surface area contributed by atoms with Gasteiger partial charge in [0, 0.05) is 45.3 Å². The van der Waals surface area contributed by atoms with E-state index in [9.17, 15) is 14.4 Å². The quantitative estimate of drug-likeness (QED) is 0.485. The second-order valence-electron chi connectivity index (χ2n) is 9.16. The maximum atomic E-state index is 13.1. The summed E-state index contributed by atoms with van der Waals surface area (Å²) in [6, 6.07) is 16.7. The fraction of sp³-hybridized carbons (Fsp3) is 0.464. The number of amides is 3. The number of hydrogen-bond acceptors (Lipinski definition) is 4. The van der Waals surface area contributed by atoms with Crippen molar-refractivity contribution in [1.82, 2.24) is 15.5 Å². The summed E-state index contributed by atoms with van der Waals surface area (Å²) in [5.74, 6) is -0.347. The van der Waals surface area contributed by atoms with Gasteiger partial charge in [-0.25, -0.2) is 0 Å². The lowest BCUT2D eigenvalue weighted by molar-refractivity contribution is -0.133. The Kier molecular flexibility index (Phi) is 10.3. The van der Waals surface area contributed by atoms with Crippen molar-refractivity contribution in [3.8, 4) is 0 Å². The number of likely N-dealkylation sites (tertiary alicyclic amines) is 1. The molecule has 1 fully saturated rings. The van der Waals surface area contributed by atoms with Crippen molar-refractivity contribution >= 4 is 17.7 Å². The summed E-state index contributed by atoms with van der Waals surface area (Å²) in [5, 5.41) is 5.91. The van der Waals surface area contributed by atoms with Crippen LogP contribution in [0.25, 0.3) is 0 Å². The first-order valence-corrected chi connectivity index (χ1v) is 12.4. The van der Waals surface area contributed by atoms with Gasteiger partial charge in [0.15, 0.2) is 0 Å². The van der Waals surface area contributed by atoms with Gasteiger partial charge in [-0.2, -0.15) is 0 Å². The number of benzene rings is 2. The third kappa shape index (κ3) is 8.21. The summed E-state index contributed by atoms with van der Waals surface area (Å²) in [4.78, 5) is 40.6. The Balaban J connectivity index is 1.58. The van der Waals surface area contributed by atoms with Crippen LogP contribution in [-0.2, 0) is 20.7 Å². The monoisotopic (exact) mass is 479 g/mol. The van der Waals surface area contributed by atoms with Gasteiger partial charge in [0.2, 0.25) is 11.8 Å². The summed E-state index contributed by atoms with van der Waals surface area (Å²) in [6.45, 7) is 4.19. The zero-order valence-corrected chi connectivity index (χ0v) is 20.8. The minimum absolute atomic E-state index is 0.0370. The fourth-order valence-corrected chi connectivity index (χ4v) is 4.40. The van der Waals surface area contributed by atoms with Crippen molar-refractivity contribution in [2.75, 3.05) is 33.4 Å². The molecule has 0 radical (unpaired) electrons. The molecule has 35 heavy (non-hydrogen) atoms. The van der Waals surface area contributed by atoms with Gasteiger partial charge < -0.3 is 20.3 Å². The molecular weight excluding hydrogens is 442 g/mol. The van der Waals surface area contributed by atoms with Gasteiger partial charge in [-0.1, -0.05) is 48.0 Å². The Morgan fingerprint density at radius 1 is 1.03 bits per heavy atom. The number of carbonyl (C=O) groups excluding carboxylic acids is 3. The van der Waals surface area contributed by atoms with Crippen LogP contribution in [0.5, 0.6) is 0 Å². The third-order valence-corrected chi connectivity index (χ3v) is 6.54. The lowest BCUT2D eigenvalue weighted by Crippen LogP contribution is -2.54. The number of carbonyl (C=O) groups is 3. The smallest absolute Gasteiger partial charge is 0.251 e. The molecule has 0 aliphatic carbocycles. The van der Waals surface area contributed by atoms with Crippen LogP contribution in [0.4, 0.5) is 0 Å². The van der Waals surface area contributed by atoms with E-state index in [2.05, 4.69) is 10.6 Å². The molecule has 0 aromatic heterocycles. The molecule has 2 aromatic rings. The third-order valence-electron chi connectivity index (χ3n) is 6.54. The van der Waals surface area contributed by atoms with Crippen molar-refractivity contribution in [2.45, 2.75) is 45.1 Å². The number of rotatable bonds is 11. The van der Waals surface area contributed by atoms with Gasteiger partial charge in [-0.15, -0.1) is 0 Å². The molecule has 1 unspecified atom stereocenters. The van der Waals surface area contributed by atoms with Gasteiger partial charge in [0.1, 0.15) is 6.04 Å². The van der Waals surface area contributed by atoms with Crippen LogP contribution in [0.15, 0.2) is 54.6 Å². The largest absolute Gasteiger partial charge is 0.385 e. The van der Waals surface area contributed by atoms with Crippen LogP contribution < -0.4 is 10.6 Å². The summed E-state index contributed by atoms with van der Waals surface area (Å²) < 4.78 is 5.06. The number of methoxy groups -OCH3 is 1. The highest BCUT2D eigenvalue weighted by Gasteiger charge is 2.33. The van der Waals surface area contributed by atoms with E-state index >= 15 is 0 Å². The SMILES string of the molecule is COCCCNC(=O)C(NC(=O)c1ccc(C)cc1)C1CCN(C(=O)CCc2ccccc2)CC1. The molecule has 0 bridgehead atoms. The number of piperidine rings is 1. The number of nitrogens with one attached hydrogen (secondary N) is 2. The second-order valence-corrected chi connectivity index (χ2v) is 9.16. The van der Waals surface area contributed by atoms with E-state index in [1.165, 1.54) is 0 Å². The molecule has 188 valence electrons. The van der Waals surface area contributed by atoms with E-state index in [1.807, 2.05) is 54.3 Å². The maximum Gasteiger partial charge on any atom is 0.251 e. The van der Waals surface area contributed by atoms with Crippen molar-refractivity contribution in [3.63, 3.8) is 0 Å². The van der Waals surface area contributed by atoms with Crippen LogP contribution in [-0.4, -0.2) is 62.0 Å². The van der Waals surface area contributed by atoms with Crippen LogP contribution in [0.3, 0.4) is 0 Å². The predicted molar refractivity (Wildman–Crippen MR) is 136 cm³/mol. The molecule has 1 aliphatic rings. The standard InChI is InChI=1S/C28H37N3O4/c1-21-9-12-24(13-10-21)27(33)30-26(28(34)29-17-6-20-35-2)23-15-18-31(19-16-23)25(32)14-11-22-7-4-3-5-8-22/h3-5,7-10,12-13,23,26H,6,11,14-20H2,1-2H3,(H,29,34)(H,30,33). The number of hydrogen-bond donors (Lipinski definition) is 2. The number of aryl methyl sites for hydroxylation is 2. The lowest BCUT2D eigenvalue weighted by atomic mass is 9.88. The van der Waals surface area contributed by atoms with Gasteiger partial charge in [-0.05, 0) is 56.2 Å². The van der Waals surface area contributed by atoms with E-state index in [-0.39, 0.29) is 23.6 Å². The predicted octanol–water partition coefficient (Wildman–Crippen LogP) is 3.12. The average molecular weight is 480 g/mol. The molecule has 3 amide bonds. The molecule has 0 spiro atoms. The molecule has 1 heterocycles. The van der Waals surface area contributed by atoms with Crippen molar-refractivity contribution < 1.29 is 19.1 Å². The van der Waals surface area contributed by atoms with E-state index in [0.29, 0.717) is 57.5 Å². The van der Waals surface area contributed by atoms with Crippen molar-refractivity contribution in [2.24, 2.45) is 5.92 Å². The normalized spacial score (nSPS) is 14.9. The number of ether oxygens (including phenoxy) is 1. The van der Waals surface area contributed by atoms with Crippen LogP contribution in [0.1, 0.15) is 47.2 Å². The Morgan fingerprint density at radius 2 is 1.71 bits per heavy atom. The van der Waals surface area contributed by atoms with E-state index in [4.69, 9.17) is 4.74 Å². The summed E-state index contributed by atoms with van der Waals surface area (Å²) in [5.41, 5.74) is 2.75. The Morgan fingerprint density at radius 3 is 2.37 bits per heavy atom. The fourth-order valence-electron chi connectivity index (χ4n) is 4.40. The molecule has 7 nitrogen and oxygen atoms in total. The first kappa shape index (κ1) is 26.4. The molecule has 3 rings (SSSR count). The molecule has 7 heteroatoms. The number of nitrogens with zero attached hydrogens (tertiary/aromatic N) is 1. The first-order chi connectivity index (χ1) is 17.0. The average Bonchev–Trinajstić information content (AvgIpc) is 2.89. The Bertz CT molecular complexity index is 954. The summed E-state index contributed by atoms with van der Waals surface area (Å²) >= 11 is 0. The van der Waals surface area contributed by atoms with E-state index in [0.717, 1.165) is 17.5 Å². The van der Waals surface area contributed by atoms with Gasteiger partial charge in [0.25, 0.3) is 5.91 Å². The summed E-state index contributed by atoms with van der Waals surface area (Å²) in [6.07, 6.45) is 3.24. The van der Waals surface area contributed by atoms with Gasteiger partial charge in [0.05, 0.1) is 0 Å². The molecular formula is C28H37N3O4. The maximum absolute atomic E-state index is 13.1. The highest BCUT2D eigenvalue weighted by Crippen LogP contribution is 2.22. The Labute approximate surface area is 208 Å². The van der Waals surface area contributed by atoms with E-state index < -0.39 is 6.04 Å². The van der Waals surface area contributed by atoms with Crippen LogP contribution in [0, 0.1) is 12.8 Å². The zero-order chi connectivity index (χ0) is 25.0. The highest BCUT2D eigenvalue weighted by atomic mass is 16.5. The Hall–Kier alpha value is -3.19. The van der Waals surface area contributed by atoms with Gasteiger partial charge in [-0.3, -0.25) is 14.4 Å². The minimum atomic E-state index is -0.645. The summed E-state index contributed by atoms with van der Waals surface area (Å²) in [7, 11) is 1.63. The van der Waals surface area contributed by atoms with Crippen molar-refractivity contribution in [3.05, 3.63) is 71.3 Å².